The Balaban J connectivity index is 0.673. The number of rotatable bonds is 62. The second-order valence-electron chi connectivity index (χ2n) is 37.3. The maximum atomic E-state index is 14.3. The van der Waals surface area contributed by atoms with Crippen LogP contribution in [0.2, 0.25) is 0 Å². The Kier molecular flexibility index (Phi) is 44.9. The molecule has 2 aliphatic carbocycles. The van der Waals surface area contributed by atoms with E-state index in [1.54, 1.807) is 92.6 Å². The number of aryl methyl sites for hydroxylation is 3. The number of thioether (sulfide) groups is 1. The molecular formula is C100H132N14O33S2. The topological polar surface area (TPSA) is 722 Å². The van der Waals surface area contributed by atoms with Crippen molar-refractivity contribution in [3.05, 3.63) is 137 Å². The molecule has 1 saturated heterocycles. The number of allylic oxidation sites excluding steroid dienone is 1. The number of imidazole rings is 1. The van der Waals surface area contributed by atoms with E-state index in [1.165, 1.54) is 40.9 Å². The predicted molar refractivity (Wildman–Crippen MR) is 534 cm³/mol. The standard InChI is InChI=1S/C100H132N14O33S2/c1-8-32-148-80-43-89(132)114(100(80)142)49-66(119)39-61(97(139)104-45-65(118)18-23-84(127)102-44-64(117)17-22-83(126)101-27-31-146-30-26-88(131)108-70(98(140)105-47-76(123)92(135)94(137)78(125)52-116)19-24-85(128)103-46-75(122)91(134)93(136)77(124)51-115)16-21-87(130)106-56(5)96(138)107-55(4)73(120)38-58-13-20-71-60(36-58)25-28-113(71)99(141)72-40-63(48-111(72)6)59-14-11-57(12-15-59)37-74(121)95-110-82(50-112(95)7)109-86(129)10-9-29-147-79-41-62-42-81(149(143,144)145)68-33-53(2)34-69(68)90(133)67(62)35-54(79)3/h11-15,20,25,28,35-36,40-41,48,50,55-56,61,68-70,75-78,80-81,91-94,115-116,122-125,134-137H,2,8-10,16-19,21-24,26-27,29-34,37-39,42-47,49,51-52H2,1,3-7H3,(H,101,126)(H,102,127)(H,103,128)(H,104,139)(H,105,140)(H,106,130)(H,107,138)(H,108,131)(H,109,129)(H,143,144,145)/t55-,56-,61+,68+,69?,70?,75-,76-,77+,78+,80?,81?,91+,92+,93+,94+/m0/s1/i1T. The van der Waals surface area contributed by atoms with Crippen molar-refractivity contribution in [1.29, 1.82) is 0 Å². The molecule has 0 spiro atoms. The van der Waals surface area contributed by atoms with Gasteiger partial charge in [0, 0.05) is 159 Å². The van der Waals surface area contributed by atoms with E-state index in [-0.39, 0.29) is 126 Å². The van der Waals surface area contributed by atoms with Gasteiger partial charge in [-0.2, -0.15) is 8.42 Å². The van der Waals surface area contributed by atoms with Crippen LogP contribution in [0.15, 0.2) is 97.5 Å². The number of nitrogens with one attached hydrogen (secondary N) is 9. The van der Waals surface area contributed by atoms with Gasteiger partial charge in [0.25, 0.3) is 16.0 Å². The van der Waals surface area contributed by atoms with E-state index in [1.807, 2.05) is 12.1 Å². The summed E-state index contributed by atoms with van der Waals surface area (Å²) in [5.74, 6) is -13.0. The number of nitrogens with zero attached hydrogens (tertiary/aromatic N) is 5. The van der Waals surface area contributed by atoms with Gasteiger partial charge in [-0.05, 0) is 142 Å². The number of aliphatic hydroxyl groups is 10. The third-order valence-corrected chi connectivity index (χ3v) is 28.2. The zero-order chi connectivity index (χ0) is 110. The van der Waals surface area contributed by atoms with Crippen molar-refractivity contribution in [2.75, 3.05) is 83.4 Å². The van der Waals surface area contributed by atoms with E-state index in [2.05, 4.69) is 59.4 Å². The number of Topliss-reactive ketones (excluding diaryl/α,β-unsaturated/α-hetero) is 6. The summed E-state index contributed by atoms with van der Waals surface area (Å²) in [7, 11) is -1.15. The van der Waals surface area contributed by atoms with Crippen molar-refractivity contribution in [1.82, 2.24) is 66.1 Å². The lowest BCUT2D eigenvalue weighted by Gasteiger charge is -2.26. The van der Waals surface area contributed by atoms with Crippen LogP contribution in [0, 0.1) is 24.7 Å². The highest BCUT2D eigenvalue weighted by molar-refractivity contribution is 8.00. The first kappa shape index (κ1) is 118. The first-order chi connectivity index (χ1) is 71.1. The van der Waals surface area contributed by atoms with Gasteiger partial charge in [0.05, 0.1) is 86.9 Å². The molecule has 9 rings (SSSR count). The monoisotopic (exact) mass is 2120 g/mol. The number of aromatic nitrogens is 4. The maximum Gasteiger partial charge on any atom is 0.278 e. The molecule has 3 aromatic heterocycles. The van der Waals surface area contributed by atoms with Crippen molar-refractivity contribution in [2.45, 2.75) is 227 Å². The van der Waals surface area contributed by atoms with E-state index in [4.69, 9.17) is 21.1 Å². The minimum atomic E-state index is -4.50. The summed E-state index contributed by atoms with van der Waals surface area (Å²) in [5.41, 5.74) is 5.78. The molecule has 1 aliphatic heterocycles. The number of likely N-dealkylation sites (tertiary alicyclic amines) is 1. The van der Waals surface area contributed by atoms with E-state index in [0.717, 1.165) is 16.0 Å². The number of imide groups is 1. The number of carbonyl (C=O) groups is 18. The molecule has 149 heavy (non-hydrogen) atoms. The summed E-state index contributed by atoms with van der Waals surface area (Å²) in [6, 6.07) is 15.2. The Hall–Kier alpha value is -12.9. The van der Waals surface area contributed by atoms with Crippen LogP contribution in [-0.4, -0.2) is 349 Å². The molecule has 812 valence electrons. The number of amides is 11. The number of hydrogen-bond donors (Lipinski definition) is 20. The largest absolute Gasteiger partial charge is 0.493 e. The summed E-state index contributed by atoms with van der Waals surface area (Å²) >= 11 is 1.17. The predicted octanol–water partition coefficient (Wildman–Crippen LogP) is -2.25. The SMILES string of the molecule is [3H]CCCSC1CC(=O)N(CC(=O)C[C@@H](CCC(=O)N[C@@H](C)C(=O)N[C@@H](C)C(=O)Cc2ccc3c(ccn3C(=O)c3cc(-c4ccc(CC(=O)c5nc(NC(=O)CCCOc6cc7c(cc6C)C(=O)C6CC(=C)C[C@H]6C(S(=O)(=O)O)C7)cn5C)cc4)cn3C)c2)C(=O)NCC(=O)CCC(=O)NCC(=O)CCC(=O)NCCOCCC(=O)NC(CCC(=O)NC[C@H](O)[C@@H](O)[C@H](O)[C@H](O)CO)C(=O)NC[C@H](O)[C@@H](O)[C@H](O)[C@H](O)CO)C1=O. The lowest BCUT2D eigenvalue weighted by Crippen LogP contribution is -2.53. The molecule has 3 aromatic carbocycles. The molecule has 47 nitrogen and oxygen atoms in total. The number of benzene rings is 3. The fraction of sp³-hybridized carbons (Fsp3) is 0.530. The van der Waals surface area contributed by atoms with E-state index in [0.29, 0.717) is 80.7 Å². The Morgan fingerprint density at radius 2 is 1.23 bits per heavy atom. The van der Waals surface area contributed by atoms with Gasteiger partial charge >= 0.3 is 0 Å². The molecule has 3 aliphatic rings. The van der Waals surface area contributed by atoms with Gasteiger partial charge in [0.2, 0.25) is 70.8 Å². The third-order valence-electron chi connectivity index (χ3n) is 25.6. The molecule has 4 heterocycles. The van der Waals surface area contributed by atoms with Crippen LogP contribution < -0.4 is 52.6 Å². The summed E-state index contributed by atoms with van der Waals surface area (Å²) < 4.78 is 58.9. The molecule has 49 heteroatoms. The zero-order valence-electron chi connectivity index (χ0n) is 84.1. The van der Waals surface area contributed by atoms with Gasteiger partial charge in [0.1, 0.15) is 60.2 Å². The van der Waals surface area contributed by atoms with E-state index in [9.17, 15) is 140 Å². The molecule has 0 radical (unpaired) electrons. The summed E-state index contributed by atoms with van der Waals surface area (Å²) in [6.45, 7) is 2.78. The Labute approximate surface area is 863 Å². The molecular weight excluding hydrogens is 1990 g/mol. The average Bonchev–Trinajstić information content (AvgIpc) is 1.60. The number of anilines is 1. The van der Waals surface area contributed by atoms with Crippen molar-refractivity contribution < 1.29 is 161 Å². The summed E-state index contributed by atoms with van der Waals surface area (Å²) in [4.78, 5) is 244. The second kappa shape index (κ2) is 56.7. The minimum Gasteiger partial charge on any atom is -0.493 e. The molecule has 6 aromatic rings. The number of ether oxygens (including phenoxy) is 2. The Bertz CT molecular complexity index is 6030. The number of aliphatic hydroxyl groups excluding tert-OH is 10. The van der Waals surface area contributed by atoms with Gasteiger partial charge in [-0.25, -0.2) is 4.98 Å². The number of carbonyl (C=O) groups excluding carboxylic acids is 18. The van der Waals surface area contributed by atoms with Crippen LogP contribution in [0.1, 0.15) is 179 Å². The van der Waals surface area contributed by atoms with Crippen LogP contribution in [0.5, 0.6) is 5.75 Å². The first-order valence-corrected chi connectivity index (χ1v) is 51.1. The minimum absolute atomic E-state index is 0.0236. The zero-order valence-corrected chi connectivity index (χ0v) is 84.7. The van der Waals surface area contributed by atoms with Crippen LogP contribution >= 0.6 is 11.8 Å². The number of ketones is 6. The maximum absolute atomic E-state index is 14.3. The fourth-order valence-electron chi connectivity index (χ4n) is 17.1. The summed E-state index contributed by atoms with van der Waals surface area (Å²) in [5, 5.41) is 118. The first-order valence-electron chi connectivity index (χ1n) is 49.3. The lowest BCUT2D eigenvalue weighted by atomic mass is 9.88. The van der Waals surface area contributed by atoms with E-state index >= 15 is 0 Å². The van der Waals surface area contributed by atoms with Crippen molar-refractivity contribution in [3.63, 3.8) is 0 Å². The lowest BCUT2D eigenvalue weighted by molar-refractivity contribution is -0.142. The highest BCUT2D eigenvalue weighted by Gasteiger charge is 2.48. The molecule has 0 bridgehead atoms. The highest BCUT2D eigenvalue weighted by atomic mass is 32.2. The Morgan fingerprint density at radius 1 is 0.597 bits per heavy atom. The van der Waals surface area contributed by atoms with Crippen LogP contribution in [-0.2, 0) is 120 Å². The summed E-state index contributed by atoms with van der Waals surface area (Å²) in [6.07, 6.45) is -14.2. The van der Waals surface area contributed by atoms with Crippen molar-refractivity contribution in [3.8, 4) is 16.9 Å². The molecule has 11 amide bonds. The fourth-order valence-corrected chi connectivity index (χ4v) is 19.2. The van der Waals surface area contributed by atoms with E-state index < -0.39 is 278 Å². The van der Waals surface area contributed by atoms with Crippen LogP contribution in [0.3, 0.4) is 0 Å². The van der Waals surface area contributed by atoms with Gasteiger partial charge in [0.15, 0.2) is 40.6 Å². The van der Waals surface area contributed by atoms with Gasteiger partial charge in [-0.15, -0.1) is 11.8 Å². The Morgan fingerprint density at radius 3 is 1.89 bits per heavy atom. The van der Waals surface area contributed by atoms with Crippen LogP contribution in [0.4, 0.5) is 5.82 Å². The third kappa shape index (κ3) is 35.1. The van der Waals surface area contributed by atoms with Gasteiger partial charge in [-0.3, -0.25) is 100 Å². The number of hydrogen-bond acceptors (Lipinski definition) is 34. The van der Waals surface area contributed by atoms with Gasteiger partial charge in [-0.1, -0.05) is 49.4 Å². The second-order valence-corrected chi connectivity index (χ2v) is 40.2. The molecule has 4 unspecified atom stereocenters. The molecule has 16 atom stereocenters. The smallest absolute Gasteiger partial charge is 0.278 e. The number of fused-ring (bicyclic) bond motifs is 3. The molecule has 20 N–H and O–H groups in total. The van der Waals surface area contributed by atoms with Crippen LogP contribution in [0.25, 0.3) is 22.0 Å². The van der Waals surface area contributed by atoms with Crippen molar-refractivity contribution >= 4 is 144 Å². The average molecular weight is 2120 g/mol. The van der Waals surface area contributed by atoms with Gasteiger partial charge < -0.3 is 118 Å². The quantitative estimate of drug-likeness (QED) is 0.00630. The molecule has 1 saturated carbocycles. The highest BCUT2D eigenvalue weighted by Crippen LogP contribution is 2.46. The normalized spacial score (nSPS) is 17.6. The molecule has 2 fully saturated rings. The van der Waals surface area contributed by atoms with Crippen molar-refractivity contribution in [2.24, 2.45) is 31.8 Å².